The summed E-state index contributed by atoms with van der Waals surface area (Å²) >= 11 is 0. The highest BCUT2D eigenvalue weighted by molar-refractivity contribution is 5.38. The largest absolute Gasteiger partial charge is 0.497 e. The zero-order valence-corrected chi connectivity index (χ0v) is 14.0. The first-order valence-electron chi connectivity index (χ1n) is 8.03. The van der Waals surface area contributed by atoms with Crippen LogP contribution in [0.4, 0.5) is 11.8 Å². The van der Waals surface area contributed by atoms with E-state index in [0.29, 0.717) is 18.3 Å². The summed E-state index contributed by atoms with van der Waals surface area (Å²) in [6.07, 6.45) is 6.03. The fourth-order valence-electron chi connectivity index (χ4n) is 2.27. The maximum atomic E-state index is 5.16. The molecule has 2 N–H and O–H groups in total. The van der Waals surface area contributed by atoms with Crippen molar-refractivity contribution in [3.05, 3.63) is 66.1 Å². The van der Waals surface area contributed by atoms with Gasteiger partial charge in [-0.25, -0.2) is 0 Å². The number of hydrogen-bond donors (Lipinski definition) is 2. The Hall–Kier alpha value is -3.22. The quantitative estimate of drug-likeness (QED) is 0.654. The highest BCUT2D eigenvalue weighted by Crippen LogP contribution is 2.12. The number of rotatable bonds is 8. The van der Waals surface area contributed by atoms with E-state index in [2.05, 4.69) is 30.8 Å². The number of hydrogen-bond acceptors (Lipinski definition) is 7. The van der Waals surface area contributed by atoms with Crippen molar-refractivity contribution in [1.29, 1.82) is 0 Å². The number of pyridine rings is 1. The summed E-state index contributed by atoms with van der Waals surface area (Å²) in [7, 11) is 1.66. The van der Waals surface area contributed by atoms with Crippen LogP contribution in [-0.4, -0.2) is 33.8 Å². The summed E-state index contributed by atoms with van der Waals surface area (Å²) in [5.74, 6) is 2.03. The summed E-state index contributed by atoms with van der Waals surface area (Å²) in [4.78, 5) is 8.50. The molecule has 0 spiro atoms. The lowest BCUT2D eigenvalue weighted by molar-refractivity contribution is 0.414. The maximum absolute atomic E-state index is 5.16. The zero-order valence-electron chi connectivity index (χ0n) is 14.0. The van der Waals surface area contributed by atoms with Crippen molar-refractivity contribution >= 4 is 11.8 Å². The molecular weight excluding hydrogens is 316 g/mol. The summed E-state index contributed by atoms with van der Waals surface area (Å²) in [5, 5.41) is 14.4. The van der Waals surface area contributed by atoms with Gasteiger partial charge in [-0.15, -0.1) is 5.10 Å². The molecule has 25 heavy (non-hydrogen) atoms. The Labute approximate surface area is 146 Å². The fourth-order valence-corrected chi connectivity index (χ4v) is 2.27. The average molecular weight is 336 g/mol. The van der Waals surface area contributed by atoms with Gasteiger partial charge in [-0.3, -0.25) is 4.98 Å². The van der Waals surface area contributed by atoms with Crippen LogP contribution >= 0.6 is 0 Å². The third-order valence-corrected chi connectivity index (χ3v) is 3.61. The molecule has 3 aromatic rings. The SMILES string of the molecule is COc1ccc(CCNc2nncc(NCc3cccnc3)n2)cc1. The molecule has 0 fully saturated rings. The van der Waals surface area contributed by atoms with E-state index in [1.54, 1.807) is 19.5 Å². The lowest BCUT2D eigenvalue weighted by atomic mass is 10.1. The molecule has 0 aliphatic carbocycles. The molecule has 0 aliphatic heterocycles. The molecule has 0 radical (unpaired) electrons. The van der Waals surface area contributed by atoms with Crippen molar-refractivity contribution in [2.45, 2.75) is 13.0 Å². The van der Waals surface area contributed by atoms with E-state index in [9.17, 15) is 0 Å². The third kappa shape index (κ3) is 5.13. The van der Waals surface area contributed by atoms with E-state index in [-0.39, 0.29) is 0 Å². The van der Waals surface area contributed by atoms with Crippen molar-refractivity contribution < 1.29 is 4.74 Å². The van der Waals surface area contributed by atoms with Crippen LogP contribution in [0.15, 0.2) is 55.0 Å². The molecule has 0 saturated heterocycles. The van der Waals surface area contributed by atoms with Gasteiger partial charge in [0.15, 0.2) is 5.82 Å². The first-order valence-corrected chi connectivity index (χ1v) is 8.03. The number of benzene rings is 1. The van der Waals surface area contributed by atoms with Gasteiger partial charge in [-0.1, -0.05) is 18.2 Å². The van der Waals surface area contributed by atoms with E-state index in [1.807, 2.05) is 42.6 Å². The molecule has 0 bridgehead atoms. The molecular formula is C18H20N6O. The molecule has 128 valence electrons. The Morgan fingerprint density at radius 2 is 1.88 bits per heavy atom. The summed E-state index contributed by atoms with van der Waals surface area (Å²) in [5.41, 5.74) is 2.29. The standard InChI is InChI=1S/C18H20N6O/c1-25-16-6-4-14(5-7-16)8-10-20-18-23-17(13-22-24-18)21-12-15-3-2-9-19-11-15/h2-7,9,11,13H,8,10,12H2,1H3,(H2,20,21,23,24). The minimum Gasteiger partial charge on any atom is -0.497 e. The third-order valence-electron chi connectivity index (χ3n) is 3.61. The van der Waals surface area contributed by atoms with Gasteiger partial charge in [0.05, 0.1) is 13.3 Å². The normalized spacial score (nSPS) is 10.3. The highest BCUT2D eigenvalue weighted by Gasteiger charge is 2.01. The van der Waals surface area contributed by atoms with Crippen LogP contribution in [0.5, 0.6) is 5.75 Å². The van der Waals surface area contributed by atoms with Gasteiger partial charge < -0.3 is 15.4 Å². The Morgan fingerprint density at radius 3 is 2.64 bits per heavy atom. The van der Waals surface area contributed by atoms with Crippen LogP contribution in [0.2, 0.25) is 0 Å². The molecule has 2 heterocycles. The number of ether oxygens (including phenoxy) is 1. The zero-order chi connectivity index (χ0) is 17.3. The van der Waals surface area contributed by atoms with E-state index in [4.69, 9.17) is 4.74 Å². The van der Waals surface area contributed by atoms with Gasteiger partial charge in [0.25, 0.3) is 0 Å². The van der Waals surface area contributed by atoms with E-state index >= 15 is 0 Å². The van der Waals surface area contributed by atoms with Crippen LogP contribution in [0.25, 0.3) is 0 Å². The first kappa shape index (κ1) is 16.6. The van der Waals surface area contributed by atoms with Crippen LogP contribution in [-0.2, 0) is 13.0 Å². The molecule has 7 heteroatoms. The fraction of sp³-hybridized carbons (Fsp3) is 0.222. The van der Waals surface area contributed by atoms with E-state index in [1.165, 1.54) is 5.56 Å². The molecule has 1 aromatic carbocycles. The van der Waals surface area contributed by atoms with Gasteiger partial charge in [-0.05, 0) is 35.7 Å². The predicted octanol–water partition coefficient (Wildman–Crippen LogP) is 2.54. The second kappa shape index (κ2) is 8.58. The smallest absolute Gasteiger partial charge is 0.244 e. The number of nitrogens with zero attached hydrogens (tertiary/aromatic N) is 4. The Balaban J connectivity index is 1.49. The van der Waals surface area contributed by atoms with Crippen molar-refractivity contribution in [2.24, 2.45) is 0 Å². The van der Waals surface area contributed by atoms with Crippen LogP contribution in [0.3, 0.4) is 0 Å². The maximum Gasteiger partial charge on any atom is 0.244 e. The first-order chi connectivity index (χ1) is 12.3. The Kier molecular flexibility index (Phi) is 5.71. The number of aromatic nitrogens is 4. The summed E-state index contributed by atoms with van der Waals surface area (Å²) < 4.78 is 5.16. The number of nitrogens with one attached hydrogen (secondary N) is 2. The molecule has 3 rings (SSSR count). The number of methoxy groups -OCH3 is 1. The topological polar surface area (TPSA) is 84.9 Å². The minimum atomic E-state index is 0.504. The predicted molar refractivity (Wildman–Crippen MR) is 96.6 cm³/mol. The van der Waals surface area contributed by atoms with E-state index in [0.717, 1.165) is 24.3 Å². The van der Waals surface area contributed by atoms with Gasteiger partial charge >= 0.3 is 0 Å². The molecule has 2 aromatic heterocycles. The van der Waals surface area contributed by atoms with Crippen LogP contribution in [0.1, 0.15) is 11.1 Å². The van der Waals surface area contributed by atoms with E-state index < -0.39 is 0 Å². The second-order valence-electron chi connectivity index (χ2n) is 5.40. The number of anilines is 2. The molecule has 0 saturated carbocycles. The second-order valence-corrected chi connectivity index (χ2v) is 5.40. The van der Waals surface area contributed by atoms with Gasteiger partial charge in [0.2, 0.25) is 5.95 Å². The van der Waals surface area contributed by atoms with Crippen LogP contribution < -0.4 is 15.4 Å². The lowest BCUT2D eigenvalue weighted by Crippen LogP contribution is -2.10. The van der Waals surface area contributed by atoms with Gasteiger partial charge in [0.1, 0.15) is 5.75 Å². The van der Waals surface area contributed by atoms with Crippen molar-refractivity contribution in [2.75, 3.05) is 24.3 Å². The van der Waals surface area contributed by atoms with Gasteiger partial charge in [0, 0.05) is 25.5 Å². The Bertz CT molecular complexity index is 779. The van der Waals surface area contributed by atoms with Crippen molar-refractivity contribution in [3.8, 4) is 5.75 Å². The monoisotopic (exact) mass is 336 g/mol. The van der Waals surface area contributed by atoms with Gasteiger partial charge in [-0.2, -0.15) is 10.1 Å². The molecule has 0 aliphatic rings. The molecule has 0 atom stereocenters. The molecule has 7 nitrogen and oxygen atoms in total. The van der Waals surface area contributed by atoms with Crippen molar-refractivity contribution in [1.82, 2.24) is 20.2 Å². The minimum absolute atomic E-state index is 0.504. The summed E-state index contributed by atoms with van der Waals surface area (Å²) in [6.45, 7) is 1.36. The highest BCUT2D eigenvalue weighted by atomic mass is 16.5. The summed E-state index contributed by atoms with van der Waals surface area (Å²) in [6, 6.07) is 11.9. The Morgan fingerprint density at radius 1 is 1.00 bits per heavy atom. The molecule has 0 unspecified atom stereocenters. The lowest BCUT2D eigenvalue weighted by Gasteiger charge is -2.08. The van der Waals surface area contributed by atoms with Crippen molar-refractivity contribution in [3.63, 3.8) is 0 Å². The molecule has 0 amide bonds. The average Bonchev–Trinajstić information content (AvgIpc) is 2.68. The van der Waals surface area contributed by atoms with Crippen LogP contribution in [0, 0.1) is 0 Å².